The molecule has 196 valence electrons. The lowest BCUT2D eigenvalue weighted by atomic mass is 10.1. The van der Waals surface area contributed by atoms with E-state index < -0.39 is 0 Å². The Bertz CT molecular complexity index is 1510. The Hall–Kier alpha value is -4.63. The van der Waals surface area contributed by atoms with Crippen molar-refractivity contribution in [3.05, 3.63) is 85.3 Å². The molecule has 3 aliphatic rings. The standard InChI is InChI=1S/C30H29N7O2/c1-2-10-32-27-19-31-18-26(35-27)21-5-7-22(8-6-21)30(38)37(36-13-3-4-14-36)29-28(33-11-12-34-29)24-16-23-9-15-39-20-25(23)17-24/h5-9,11-12,15-20H,2-4,10,13-14H2,1H3,(H,32,35). The van der Waals surface area contributed by atoms with E-state index in [2.05, 4.69) is 37.2 Å². The first-order chi connectivity index (χ1) is 19.2. The number of hydrazine groups is 1. The van der Waals surface area contributed by atoms with Crippen molar-refractivity contribution in [3.63, 3.8) is 0 Å². The van der Waals surface area contributed by atoms with Crippen molar-refractivity contribution in [1.82, 2.24) is 24.9 Å². The first kappa shape index (κ1) is 24.7. The van der Waals surface area contributed by atoms with Gasteiger partial charge < -0.3 is 9.73 Å². The molecule has 1 saturated heterocycles. The molecule has 1 N–H and O–H groups in total. The first-order valence-corrected chi connectivity index (χ1v) is 13.2. The third-order valence-corrected chi connectivity index (χ3v) is 6.81. The van der Waals surface area contributed by atoms with E-state index in [0.29, 0.717) is 17.1 Å². The molecule has 0 atom stereocenters. The number of carbonyl (C=O) groups is 1. The Balaban J connectivity index is 1.34. The predicted molar refractivity (Wildman–Crippen MR) is 150 cm³/mol. The Kier molecular flexibility index (Phi) is 6.97. The fourth-order valence-corrected chi connectivity index (χ4v) is 4.85. The first-order valence-electron chi connectivity index (χ1n) is 13.2. The minimum atomic E-state index is -0.152. The Morgan fingerprint density at radius 3 is 2.56 bits per heavy atom. The summed E-state index contributed by atoms with van der Waals surface area (Å²) in [4.78, 5) is 32.4. The third-order valence-electron chi connectivity index (χ3n) is 6.81. The average molecular weight is 520 g/mol. The van der Waals surface area contributed by atoms with Gasteiger partial charge in [0.25, 0.3) is 5.91 Å². The second-order valence-electron chi connectivity index (χ2n) is 9.51. The molecule has 39 heavy (non-hydrogen) atoms. The molecule has 4 heterocycles. The SMILES string of the molecule is CCCNc1cncc(-c2ccc(C(=O)N(c3nccnc3-c3cc4ccocc-4c3)N3CCCC3)cc2)n1. The molecule has 0 radical (unpaired) electrons. The van der Waals surface area contributed by atoms with Crippen LogP contribution in [0.15, 0.2) is 84.2 Å². The van der Waals surface area contributed by atoms with Crippen molar-refractivity contribution in [1.29, 1.82) is 0 Å². The lowest BCUT2D eigenvalue weighted by molar-refractivity contribution is 0.0911. The van der Waals surface area contributed by atoms with Gasteiger partial charge in [0.1, 0.15) is 11.5 Å². The van der Waals surface area contributed by atoms with Gasteiger partial charge in [0.2, 0.25) is 0 Å². The van der Waals surface area contributed by atoms with E-state index in [1.165, 1.54) is 0 Å². The monoisotopic (exact) mass is 519 g/mol. The van der Waals surface area contributed by atoms with Gasteiger partial charge in [-0.2, -0.15) is 0 Å². The molecule has 9 heteroatoms. The molecular formula is C30H29N7O2. The summed E-state index contributed by atoms with van der Waals surface area (Å²) in [6, 6.07) is 13.5. The van der Waals surface area contributed by atoms with Crippen LogP contribution in [0.4, 0.5) is 11.6 Å². The van der Waals surface area contributed by atoms with Crippen LogP contribution in [0.3, 0.4) is 0 Å². The predicted octanol–water partition coefficient (Wildman–Crippen LogP) is 5.78. The van der Waals surface area contributed by atoms with E-state index in [0.717, 1.165) is 72.7 Å². The van der Waals surface area contributed by atoms with Crippen molar-refractivity contribution in [2.24, 2.45) is 0 Å². The second kappa shape index (κ2) is 11.0. The molecule has 6 rings (SSSR count). The fraction of sp³-hybridized carbons (Fsp3) is 0.233. The molecule has 0 saturated carbocycles. The lowest BCUT2D eigenvalue weighted by Crippen LogP contribution is -2.46. The number of rotatable bonds is 8. The van der Waals surface area contributed by atoms with Crippen molar-refractivity contribution in [2.75, 3.05) is 30.0 Å². The molecule has 0 unspecified atom stereocenters. The molecule has 2 aromatic heterocycles. The van der Waals surface area contributed by atoms with E-state index in [1.54, 1.807) is 42.3 Å². The number of benzene rings is 1. The maximum atomic E-state index is 14.1. The van der Waals surface area contributed by atoms with Crippen molar-refractivity contribution in [3.8, 4) is 33.6 Å². The maximum Gasteiger partial charge on any atom is 0.274 e. The summed E-state index contributed by atoms with van der Waals surface area (Å²) in [5, 5.41) is 7.03. The van der Waals surface area contributed by atoms with Gasteiger partial charge in [-0.05, 0) is 55.2 Å². The highest BCUT2D eigenvalue weighted by Gasteiger charge is 2.31. The zero-order valence-electron chi connectivity index (χ0n) is 21.7. The zero-order chi connectivity index (χ0) is 26.6. The summed E-state index contributed by atoms with van der Waals surface area (Å²) in [6.07, 6.45) is 13.1. The number of nitrogens with zero attached hydrogens (tertiary/aromatic N) is 6. The summed E-state index contributed by atoms with van der Waals surface area (Å²) in [6.45, 7) is 4.48. The number of amides is 1. The minimum Gasteiger partial charge on any atom is -0.472 e. The van der Waals surface area contributed by atoms with Crippen LogP contribution in [0.1, 0.15) is 36.5 Å². The highest BCUT2D eigenvalue weighted by Crippen LogP contribution is 2.36. The van der Waals surface area contributed by atoms with Gasteiger partial charge in [-0.3, -0.25) is 14.8 Å². The normalized spacial score (nSPS) is 13.6. The molecule has 1 aromatic carbocycles. The second-order valence-corrected chi connectivity index (χ2v) is 9.51. The molecule has 0 bridgehead atoms. The number of anilines is 2. The number of fused-ring (bicyclic) bond motifs is 1. The summed E-state index contributed by atoms with van der Waals surface area (Å²) in [5.74, 6) is 1.10. The highest BCUT2D eigenvalue weighted by molar-refractivity contribution is 6.06. The number of carbonyl (C=O) groups excluding carboxylic acids is 1. The van der Waals surface area contributed by atoms with Crippen LogP contribution >= 0.6 is 0 Å². The average Bonchev–Trinajstić information content (AvgIpc) is 3.67. The van der Waals surface area contributed by atoms with Crippen molar-refractivity contribution < 1.29 is 9.21 Å². The van der Waals surface area contributed by atoms with Crippen LogP contribution in [0.5, 0.6) is 0 Å². The van der Waals surface area contributed by atoms with Gasteiger partial charge in [0.15, 0.2) is 5.82 Å². The fourth-order valence-electron chi connectivity index (χ4n) is 4.85. The van der Waals surface area contributed by atoms with E-state index in [4.69, 9.17) is 4.42 Å². The number of hydrogen-bond donors (Lipinski definition) is 1. The molecule has 2 aliphatic heterocycles. The summed E-state index contributed by atoms with van der Waals surface area (Å²) in [5.41, 5.74) is 5.74. The van der Waals surface area contributed by atoms with Crippen LogP contribution in [-0.2, 0) is 0 Å². The van der Waals surface area contributed by atoms with E-state index >= 15 is 0 Å². The molecule has 1 aliphatic carbocycles. The largest absolute Gasteiger partial charge is 0.472 e. The summed E-state index contributed by atoms with van der Waals surface area (Å²) >= 11 is 0. The van der Waals surface area contributed by atoms with Crippen LogP contribution in [-0.4, -0.2) is 50.5 Å². The molecule has 1 amide bonds. The van der Waals surface area contributed by atoms with Crippen molar-refractivity contribution in [2.45, 2.75) is 26.2 Å². The van der Waals surface area contributed by atoms with E-state index in [-0.39, 0.29) is 5.91 Å². The molecule has 3 aromatic rings. The van der Waals surface area contributed by atoms with Gasteiger partial charge in [-0.15, -0.1) is 0 Å². The van der Waals surface area contributed by atoms with Gasteiger partial charge in [-0.25, -0.2) is 20.0 Å². The number of nitrogens with one attached hydrogen (secondary N) is 1. The van der Waals surface area contributed by atoms with Crippen LogP contribution in [0.2, 0.25) is 0 Å². The number of aromatic nitrogens is 4. The summed E-state index contributed by atoms with van der Waals surface area (Å²) < 4.78 is 5.34. The Labute approximate surface area is 226 Å². The third kappa shape index (κ3) is 5.08. The topological polar surface area (TPSA) is 100 Å². The quantitative estimate of drug-likeness (QED) is 0.275. The van der Waals surface area contributed by atoms with Crippen LogP contribution in [0.25, 0.3) is 33.6 Å². The molecule has 0 spiro atoms. The van der Waals surface area contributed by atoms with E-state index in [1.807, 2.05) is 42.5 Å². The Morgan fingerprint density at radius 1 is 0.974 bits per heavy atom. The lowest BCUT2D eigenvalue weighted by Gasteiger charge is -2.31. The van der Waals surface area contributed by atoms with Gasteiger partial charge in [0.05, 0.1) is 30.6 Å². The van der Waals surface area contributed by atoms with Gasteiger partial charge in [0, 0.05) is 54.3 Å². The van der Waals surface area contributed by atoms with Gasteiger partial charge >= 0.3 is 0 Å². The van der Waals surface area contributed by atoms with E-state index in [9.17, 15) is 4.79 Å². The Morgan fingerprint density at radius 2 is 1.77 bits per heavy atom. The molecular weight excluding hydrogens is 490 g/mol. The molecule has 9 nitrogen and oxygen atoms in total. The maximum absolute atomic E-state index is 14.1. The van der Waals surface area contributed by atoms with Crippen molar-refractivity contribution >= 4 is 17.5 Å². The summed E-state index contributed by atoms with van der Waals surface area (Å²) in [7, 11) is 0. The number of hydrogen-bond acceptors (Lipinski definition) is 8. The minimum absolute atomic E-state index is 0.152. The molecule has 1 fully saturated rings. The van der Waals surface area contributed by atoms with Gasteiger partial charge in [-0.1, -0.05) is 19.1 Å². The smallest absolute Gasteiger partial charge is 0.274 e. The van der Waals surface area contributed by atoms with Crippen LogP contribution in [0, 0.1) is 0 Å². The van der Waals surface area contributed by atoms with Crippen LogP contribution < -0.4 is 10.3 Å². The zero-order valence-corrected chi connectivity index (χ0v) is 21.7. The highest BCUT2D eigenvalue weighted by atomic mass is 16.3.